The molecule has 0 bridgehead atoms. The van der Waals surface area contributed by atoms with Crippen LogP contribution >= 0.6 is 11.6 Å². The van der Waals surface area contributed by atoms with E-state index >= 15 is 0 Å². The molecule has 1 aliphatic heterocycles. The topological polar surface area (TPSA) is 122 Å². The Balaban J connectivity index is 1.33. The number of carboxylic acids is 1. The summed E-state index contributed by atoms with van der Waals surface area (Å²) in [5, 5.41) is 12.0. The van der Waals surface area contributed by atoms with Gasteiger partial charge < -0.3 is 19.9 Å². The second kappa shape index (κ2) is 12.9. The minimum Gasteiger partial charge on any atom is -0.496 e. The third kappa shape index (κ3) is 6.60. The van der Waals surface area contributed by atoms with E-state index in [2.05, 4.69) is 5.32 Å². The minimum atomic E-state index is -4.59. The number of methoxy groups -OCH3 is 1. The van der Waals surface area contributed by atoms with Crippen molar-refractivity contribution in [2.75, 3.05) is 24.6 Å². The number of carboxylic acid groups (broad SMARTS) is 1. The van der Waals surface area contributed by atoms with Gasteiger partial charge in [-0.05, 0) is 59.7 Å². The van der Waals surface area contributed by atoms with E-state index in [1.807, 2.05) is 0 Å². The first kappa shape index (κ1) is 32.6. The van der Waals surface area contributed by atoms with E-state index in [1.54, 1.807) is 24.3 Å². The van der Waals surface area contributed by atoms with Gasteiger partial charge in [0.05, 0.1) is 29.8 Å². The van der Waals surface area contributed by atoms with Crippen LogP contribution in [0.1, 0.15) is 21.5 Å². The highest BCUT2D eigenvalue weighted by Crippen LogP contribution is 2.39. The zero-order valence-corrected chi connectivity index (χ0v) is 25.6. The lowest BCUT2D eigenvalue weighted by Gasteiger charge is -2.26. The molecule has 0 aliphatic carbocycles. The second-order valence-corrected chi connectivity index (χ2v) is 12.4. The normalized spacial score (nSPS) is 14.5. The molecule has 46 heavy (non-hydrogen) atoms. The second-order valence-electron chi connectivity index (χ2n) is 10.2. The van der Waals surface area contributed by atoms with Gasteiger partial charge in [0.15, 0.2) is 0 Å². The predicted molar refractivity (Wildman–Crippen MR) is 164 cm³/mol. The molecule has 1 atom stereocenters. The van der Waals surface area contributed by atoms with Crippen LogP contribution < -0.4 is 19.1 Å². The molecule has 0 saturated carbocycles. The van der Waals surface area contributed by atoms with E-state index in [1.165, 1.54) is 49.6 Å². The van der Waals surface area contributed by atoms with Gasteiger partial charge in [-0.3, -0.25) is 9.10 Å². The maximum atomic E-state index is 14.0. The number of alkyl halides is 3. The number of benzene rings is 4. The fourth-order valence-electron chi connectivity index (χ4n) is 5.10. The number of nitrogens with zero attached hydrogens (tertiary/aromatic N) is 1. The van der Waals surface area contributed by atoms with Crippen molar-refractivity contribution >= 4 is 39.2 Å². The van der Waals surface area contributed by atoms with E-state index in [0.29, 0.717) is 17.0 Å². The third-order valence-corrected chi connectivity index (χ3v) is 9.48. The van der Waals surface area contributed by atoms with E-state index in [9.17, 15) is 36.3 Å². The van der Waals surface area contributed by atoms with Gasteiger partial charge in [-0.25, -0.2) is 13.2 Å². The Bertz CT molecular complexity index is 1900. The molecule has 0 fully saturated rings. The quantitative estimate of drug-likeness (QED) is 0.197. The summed E-state index contributed by atoms with van der Waals surface area (Å²) < 4.78 is 79.5. The number of amides is 1. The number of halogens is 4. The van der Waals surface area contributed by atoms with Gasteiger partial charge in [-0.15, -0.1) is 0 Å². The van der Waals surface area contributed by atoms with Crippen LogP contribution in [-0.2, 0) is 27.4 Å². The number of sulfonamides is 1. The molecule has 1 heterocycles. The van der Waals surface area contributed by atoms with Gasteiger partial charge in [0.25, 0.3) is 10.0 Å². The Hall–Kier alpha value is -4.75. The van der Waals surface area contributed by atoms with Crippen LogP contribution in [0.3, 0.4) is 0 Å². The Morgan fingerprint density at radius 1 is 1.02 bits per heavy atom. The zero-order valence-electron chi connectivity index (χ0n) is 24.0. The summed E-state index contributed by atoms with van der Waals surface area (Å²) in [6.45, 7) is 0.00228. The number of nitrogens with one attached hydrogen (secondary N) is 1. The fraction of sp³-hybridized carbons (Fsp3) is 0.188. The van der Waals surface area contributed by atoms with Crippen LogP contribution in [0, 0.1) is 0 Å². The van der Waals surface area contributed by atoms with Gasteiger partial charge in [0.1, 0.15) is 29.7 Å². The molecule has 1 amide bonds. The zero-order chi connectivity index (χ0) is 33.2. The van der Waals surface area contributed by atoms with Crippen molar-refractivity contribution in [3.05, 3.63) is 107 Å². The molecule has 5 rings (SSSR count). The molecule has 14 heteroatoms. The third-order valence-electron chi connectivity index (χ3n) is 7.32. The highest BCUT2D eigenvalue weighted by molar-refractivity contribution is 7.93. The molecular weight excluding hydrogens is 649 g/mol. The summed E-state index contributed by atoms with van der Waals surface area (Å²) in [6, 6.07) is 17.9. The van der Waals surface area contributed by atoms with Crippen molar-refractivity contribution in [2.45, 2.75) is 23.5 Å². The molecule has 4 aromatic carbocycles. The van der Waals surface area contributed by atoms with Crippen LogP contribution in [0.5, 0.6) is 11.5 Å². The predicted octanol–water partition coefficient (Wildman–Crippen LogP) is 6.05. The molecule has 0 saturated heterocycles. The first-order chi connectivity index (χ1) is 21.8. The molecular formula is C32H26ClF3N2O7S. The molecule has 4 aromatic rings. The van der Waals surface area contributed by atoms with E-state index in [4.69, 9.17) is 21.1 Å². The number of aromatic carboxylic acids is 1. The van der Waals surface area contributed by atoms with Crippen molar-refractivity contribution in [1.82, 2.24) is 5.32 Å². The summed E-state index contributed by atoms with van der Waals surface area (Å²) in [4.78, 5) is 24.5. The number of carbonyl (C=O) groups excluding carboxylic acids is 1. The molecule has 0 unspecified atom stereocenters. The molecule has 2 N–H and O–H groups in total. The van der Waals surface area contributed by atoms with Gasteiger partial charge in [-0.1, -0.05) is 41.9 Å². The van der Waals surface area contributed by atoms with Crippen LogP contribution in [-0.4, -0.2) is 51.7 Å². The van der Waals surface area contributed by atoms with E-state index in [0.717, 1.165) is 22.5 Å². The first-order valence-corrected chi connectivity index (χ1v) is 15.5. The van der Waals surface area contributed by atoms with Crippen molar-refractivity contribution < 1.29 is 45.8 Å². The van der Waals surface area contributed by atoms with Crippen LogP contribution in [0.4, 0.5) is 18.9 Å². The van der Waals surface area contributed by atoms with Crippen LogP contribution in [0.25, 0.3) is 11.1 Å². The SMILES string of the molecule is COc1cc(OCCNC(=O)[C@@H]2Cc3ccccc3N2S(=O)(=O)c2ccc(-c3cc(C(F)(F)F)ccc3Cl)cc2)ccc1C(=O)O. The van der Waals surface area contributed by atoms with Crippen molar-refractivity contribution in [3.8, 4) is 22.6 Å². The standard InChI is InChI=1S/C32H26ClF3N2O7S/c1-44-29-18-22(9-12-24(29)31(40)41)45-15-14-37-30(39)28-16-20-4-2-3-5-27(20)38(28)46(42,43)23-10-6-19(7-11-23)25-17-21(32(34,35)36)8-13-26(25)33/h2-13,17-18,28H,14-16H2,1H3,(H,37,39)(H,40,41)/t28-/m0/s1. The number of anilines is 1. The van der Waals surface area contributed by atoms with Crippen LogP contribution in [0.2, 0.25) is 5.02 Å². The maximum absolute atomic E-state index is 14.0. The lowest BCUT2D eigenvalue weighted by atomic mass is 10.0. The van der Waals surface area contributed by atoms with E-state index in [-0.39, 0.29) is 51.9 Å². The summed E-state index contributed by atoms with van der Waals surface area (Å²) in [5.74, 6) is -1.33. The van der Waals surface area contributed by atoms with Crippen molar-refractivity contribution in [3.63, 3.8) is 0 Å². The summed E-state index contributed by atoms with van der Waals surface area (Å²) in [5.41, 5.74) is 0.394. The Morgan fingerprint density at radius 3 is 2.41 bits per heavy atom. The molecule has 0 spiro atoms. The number of carbonyl (C=O) groups is 2. The Labute approximate surface area is 267 Å². The smallest absolute Gasteiger partial charge is 0.416 e. The van der Waals surface area contributed by atoms with Gasteiger partial charge in [-0.2, -0.15) is 13.2 Å². The molecule has 240 valence electrons. The lowest BCUT2D eigenvalue weighted by Crippen LogP contribution is -2.48. The van der Waals surface area contributed by atoms with Gasteiger partial charge in [0.2, 0.25) is 5.91 Å². The van der Waals surface area contributed by atoms with Gasteiger partial charge >= 0.3 is 12.1 Å². The van der Waals surface area contributed by atoms with Crippen molar-refractivity contribution in [1.29, 1.82) is 0 Å². The van der Waals surface area contributed by atoms with Crippen LogP contribution in [0.15, 0.2) is 89.8 Å². The number of fused-ring (bicyclic) bond motifs is 1. The number of rotatable bonds is 10. The number of ether oxygens (including phenoxy) is 2. The molecule has 0 radical (unpaired) electrons. The van der Waals surface area contributed by atoms with Crippen molar-refractivity contribution in [2.24, 2.45) is 0 Å². The minimum absolute atomic E-state index is 0.00666. The Morgan fingerprint density at radius 2 is 1.74 bits per heavy atom. The summed E-state index contributed by atoms with van der Waals surface area (Å²) in [6.07, 6.45) is -4.48. The largest absolute Gasteiger partial charge is 0.496 e. The Kier molecular flexibility index (Phi) is 9.17. The average molecular weight is 675 g/mol. The first-order valence-electron chi connectivity index (χ1n) is 13.7. The number of hydrogen-bond donors (Lipinski definition) is 2. The monoisotopic (exact) mass is 674 g/mol. The highest BCUT2D eigenvalue weighted by Gasteiger charge is 2.42. The molecule has 1 aliphatic rings. The number of hydrogen-bond acceptors (Lipinski definition) is 6. The molecule has 9 nitrogen and oxygen atoms in total. The average Bonchev–Trinajstić information content (AvgIpc) is 3.43. The fourth-order valence-corrected chi connectivity index (χ4v) is 6.97. The summed E-state index contributed by atoms with van der Waals surface area (Å²) >= 11 is 6.17. The van der Waals surface area contributed by atoms with E-state index < -0.39 is 39.7 Å². The summed E-state index contributed by atoms with van der Waals surface area (Å²) in [7, 11) is -2.99. The number of para-hydroxylation sites is 1. The lowest BCUT2D eigenvalue weighted by molar-refractivity contribution is -0.137. The highest BCUT2D eigenvalue weighted by atomic mass is 35.5. The maximum Gasteiger partial charge on any atom is 0.416 e. The van der Waals surface area contributed by atoms with Gasteiger partial charge in [0, 0.05) is 23.1 Å². The molecule has 0 aromatic heterocycles.